The van der Waals surface area contributed by atoms with E-state index in [2.05, 4.69) is 13.0 Å². The van der Waals surface area contributed by atoms with E-state index in [0.717, 1.165) is 6.42 Å². The van der Waals surface area contributed by atoms with Crippen LogP contribution in [0.15, 0.2) is 36.0 Å². The summed E-state index contributed by atoms with van der Waals surface area (Å²) in [5, 5.41) is 21.8. The van der Waals surface area contributed by atoms with Crippen LogP contribution in [0.1, 0.15) is 60.3 Å². The first kappa shape index (κ1) is 30.9. The van der Waals surface area contributed by atoms with Crippen LogP contribution in [0, 0.1) is 10.8 Å². The topological polar surface area (TPSA) is 150 Å². The Morgan fingerprint density at radius 1 is 1.17 bits per heavy atom. The fourth-order valence-electron chi connectivity index (χ4n) is 7.35. The minimum atomic E-state index is -1.87. The lowest BCUT2D eigenvalue weighted by atomic mass is 9.51. The first-order valence-corrected chi connectivity index (χ1v) is 14.6. The minimum Gasteiger partial charge on any atom is -0.465 e. The van der Waals surface area contributed by atoms with Gasteiger partial charge in [-0.05, 0) is 33.6 Å². The first-order chi connectivity index (χ1) is 19.7. The summed E-state index contributed by atoms with van der Waals surface area (Å²) in [5.41, 5.74) is -2.84. The number of epoxide rings is 1. The molecule has 5 rings (SSSR count). The summed E-state index contributed by atoms with van der Waals surface area (Å²) >= 11 is 0. The lowest BCUT2D eigenvalue weighted by Gasteiger charge is -2.58. The number of carbonyl (C=O) groups is 3. The second-order valence-corrected chi connectivity index (χ2v) is 12.8. The zero-order valence-corrected chi connectivity index (χ0v) is 24.9. The second-order valence-electron chi connectivity index (χ2n) is 12.8. The van der Waals surface area contributed by atoms with E-state index in [1.807, 2.05) is 6.92 Å². The predicted octanol–water partition coefficient (Wildman–Crippen LogP) is 2.08. The molecule has 2 spiro atoms. The largest absolute Gasteiger partial charge is 0.465 e. The third-order valence-corrected chi connectivity index (χ3v) is 10.1. The van der Waals surface area contributed by atoms with Crippen LogP contribution in [0.25, 0.3) is 0 Å². The van der Waals surface area contributed by atoms with Crippen molar-refractivity contribution in [3.05, 3.63) is 36.0 Å². The number of carbonyl (C=O) groups excluding carboxylic acids is 3. The van der Waals surface area contributed by atoms with Gasteiger partial charge < -0.3 is 38.6 Å². The number of esters is 3. The highest BCUT2D eigenvalue weighted by Gasteiger charge is 2.83. The number of allylic oxidation sites excluding steroid dienone is 3. The Kier molecular flexibility index (Phi) is 8.21. The van der Waals surface area contributed by atoms with Crippen LogP contribution in [0.3, 0.4) is 0 Å². The summed E-state index contributed by atoms with van der Waals surface area (Å²) in [6.45, 7) is 8.37. The Morgan fingerprint density at radius 3 is 2.60 bits per heavy atom. The van der Waals surface area contributed by atoms with Gasteiger partial charge in [0.1, 0.15) is 42.2 Å². The van der Waals surface area contributed by atoms with E-state index in [9.17, 15) is 24.6 Å². The molecule has 2 N–H and O–H groups in total. The normalized spacial score (nSPS) is 46.2. The number of rotatable bonds is 2. The molecule has 5 aliphatic rings. The molecule has 11 nitrogen and oxygen atoms in total. The maximum atomic E-state index is 13.2. The van der Waals surface area contributed by atoms with E-state index in [1.54, 1.807) is 19.1 Å². The predicted molar refractivity (Wildman–Crippen MR) is 147 cm³/mol. The molecule has 2 aliphatic carbocycles. The van der Waals surface area contributed by atoms with Crippen LogP contribution < -0.4 is 0 Å². The van der Waals surface area contributed by atoms with Crippen LogP contribution in [-0.2, 0) is 42.8 Å². The second kappa shape index (κ2) is 11.2. The van der Waals surface area contributed by atoms with E-state index in [0.29, 0.717) is 19.4 Å². The monoisotopic (exact) mass is 590 g/mol. The molecule has 0 aromatic carbocycles. The van der Waals surface area contributed by atoms with Crippen molar-refractivity contribution in [2.45, 2.75) is 108 Å². The fourth-order valence-corrected chi connectivity index (χ4v) is 7.35. The Balaban J connectivity index is 1.49. The highest BCUT2D eigenvalue weighted by atomic mass is 16.6. The van der Waals surface area contributed by atoms with Crippen molar-refractivity contribution in [3.8, 4) is 0 Å². The summed E-state index contributed by atoms with van der Waals surface area (Å²) in [4.78, 5) is 37.8. The van der Waals surface area contributed by atoms with E-state index >= 15 is 0 Å². The Bertz CT molecular complexity index is 1180. The van der Waals surface area contributed by atoms with Crippen LogP contribution >= 0.6 is 0 Å². The molecule has 0 radical (unpaired) electrons. The summed E-state index contributed by atoms with van der Waals surface area (Å²) in [5.74, 6) is -1.76. The number of aliphatic hydroxyl groups is 2. The van der Waals surface area contributed by atoms with Crippen molar-refractivity contribution in [1.82, 2.24) is 0 Å². The zero-order chi connectivity index (χ0) is 30.5. The maximum Gasteiger partial charge on any atom is 0.331 e. The molecule has 0 unspecified atom stereocenters. The molecule has 11 heteroatoms. The quantitative estimate of drug-likeness (QED) is 0.211. The van der Waals surface area contributed by atoms with E-state index < -0.39 is 70.8 Å². The van der Waals surface area contributed by atoms with Gasteiger partial charge in [0.2, 0.25) is 0 Å². The molecule has 2 bridgehead atoms. The smallest absolute Gasteiger partial charge is 0.331 e. The van der Waals surface area contributed by atoms with Crippen molar-refractivity contribution in [3.63, 3.8) is 0 Å². The Hall–Kier alpha value is -2.57. The van der Waals surface area contributed by atoms with Gasteiger partial charge in [0.25, 0.3) is 0 Å². The van der Waals surface area contributed by atoms with E-state index in [4.69, 9.17) is 28.4 Å². The summed E-state index contributed by atoms with van der Waals surface area (Å²) < 4.78 is 35.7. The lowest BCUT2D eigenvalue weighted by Crippen LogP contribution is -2.66. The standard InChI is InChI=1S/C31H42O11/c1-18-10-11-30-16-38-27(35)14-28(4,36)22(33)15-37-21(19(2)40-20(3)32)8-6-7-9-26(34)42-23-13-25(41-24(30)12-18)31(17-39-31)29(23,30)5/h6-9,12,19,21-25,33,36H,10-11,13-17H2,1-5H3/b8-6+,9-7-/t19-,21-,22-,23-,24-,25-,28-,29-,30-,31+/m1/s1. The van der Waals surface area contributed by atoms with Crippen molar-refractivity contribution in [2.24, 2.45) is 10.8 Å². The van der Waals surface area contributed by atoms with Crippen molar-refractivity contribution >= 4 is 17.9 Å². The van der Waals surface area contributed by atoms with Gasteiger partial charge in [-0.15, -0.1) is 0 Å². The van der Waals surface area contributed by atoms with Gasteiger partial charge in [0.15, 0.2) is 0 Å². The van der Waals surface area contributed by atoms with Crippen molar-refractivity contribution < 1.29 is 53.0 Å². The van der Waals surface area contributed by atoms with Crippen LogP contribution in [-0.4, -0.2) is 95.8 Å². The number of cyclic esters (lactones) is 1. The van der Waals surface area contributed by atoms with Crippen LogP contribution in [0.5, 0.6) is 0 Å². The molecule has 0 aromatic rings. The van der Waals surface area contributed by atoms with E-state index in [1.165, 1.54) is 31.6 Å². The fraction of sp³-hybridized carbons (Fsp3) is 0.710. The zero-order valence-electron chi connectivity index (χ0n) is 24.9. The third kappa shape index (κ3) is 5.23. The molecule has 232 valence electrons. The van der Waals surface area contributed by atoms with Crippen molar-refractivity contribution in [1.29, 1.82) is 0 Å². The molecular weight excluding hydrogens is 548 g/mol. The Labute approximate surface area is 245 Å². The molecule has 3 fully saturated rings. The molecular formula is C31H42O11. The van der Waals surface area contributed by atoms with Gasteiger partial charge in [0, 0.05) is 24.8 Å². The van der Waals surface area contributed by atoms with Gasteiger partial charge in [-0.1, -0.05) is 36.8 Å². The third-order valence-electron chi connectivity index (χ3n) is 10.1. The summed E-state index contributed by atoms with van der Waals surface area (Å²) in [6.07, 6.45) is 5.09. The number of hydrogen-bond donors (Lipinski definition) is 2. The number of ether oxygens (including phenoxy) is 6. The molecule has 0 aromatic heterocycles. The number of hydrogen-bond acceptors (Lipinski definition) is 11. The maximum absolute atomic E-state index is 13.2. The average molecular weight is 591 g/mol. The first-order valence-electron chi connectivity index (χ1n) is 14.6. The van der Waals surface area contributed by atoms with Gasteiger partial charge in [-0.2, -0.15) is 0 Å². The molecule has 3 aliphatic heterocycles. The van der Waals surface area contributed by atoms with Gasteiger partial charge in [-0.25, -0.2) is 4.79 Å². The Morgan fingerprint density at radius 2 is 1.90 bits per heavy atom. The van der Waals surface area contributed by atoms with Crippen LogP contribution in [0.2, 0.25) is 0 Å². The highest BCUT2D eigenvalue weighted by Crippen LogP contribution is 2.72. The SMILES string of the molecule is CC(=O)O[C@H](C)[C@H]1/C=C/C=C\C(=O)O[C@@H]2C[C@H]3O[C@@H]4C=C(C)CC[C@]4(COC(=O)C[C@@](C)(O)[C@H](O)CO1)[C@]2(C)[C@]31CO1. The van der Waals surface area contributed by atoms with Gasteiger partial charge in [-0.3, -0.25) is 9.59 Å². The van der Waals surface area contributed by atoms with Gasteiger partial charge in [0.05, 0.1) is 37.3 Å². The molecule has 2 saturated heterocycles. The van der Waals surface area contributed by atoms with Crippen LogP contribution in [0.4, 0.5) is 0 Å². The van der Waals surface area contributed by atoms with Crippen molar-refractivity contribution in [2.75, 3.05) is 19.8 Å². The average Bonchev–Trinajstić information content (AvgIpc) is 3.68. The molecule has 10 atom stereocenters. The highest BCUT2D eigenvalue weighted by molar-refractivity contribution is 5.82. The summed E-state index contributed by atoms with van der Waals surface area (Å²) in [6, 6.07) is 0. The van der Waals surface area contributed by atoms with E-state index in [-0.39, 0.29) is 25.4 Å². The number of aliphatic hydroxyl groups excluding tert-OH is 1. The molecule has 42 heavy (non-hydrogen) atoms. The van der Waals surface area contributed by atoms with Gasteiger partial charge >= 0.3 is 17.9 Å². The molecule has 0 amide bonds. The molecule has 3 heterocycles. The summed E-state index contributed by atoms with van der Waals surface area (Å²) in [7, 11) is 0. The molecule has 1 saturated carbocycles. The lowest BCUT2D eigenvalue weighted by molar-refractivity contribution is -0.234. The minimum absolute atomic E-state index is 0.0358.